The molecule has 2 aromatic rings. The molecule has 0 N–H and O–H groups in total. The molecule has 112 valence electrons. The quantitative estimate of drug-likeness (QED) is 0.718. The Morgan fingerprint density at radius 2 is 2.14 bits per heavy atom. The predicted molar refractivity (Wildman–Crippen MR) is 91.7 cm³/mol. The Hall–Kier alpha value is -0.840. The van der Waals surface area contributed by atoms with Gasteiger partial charge in [0.05, 0.1) is 17.9 Å². The molecule has 0 fully saturated rings. The highest BCUT2D eigenvalue weighted by Crippen LogP contribution is 2.25. The molecule has 1 aromatic heterocycles. The Morgan fingerprint density at radius 3 is 2.76 bits per heavy atom. The van der Waals surface area contributed by atoms with Crippen molar-refractivity contribution >= 4 is 40.5 Å². The normalized spacial score (nSPS) is 11.6. The molecule has 2 rings (SSSR count). The number of Topliss-reactive ketones (excluding diaryl/α,β-unsaturated/α-hetero) is 1. The first-order valence-electron chi connectivity index (χ1n) is 6.69. The van der Waals surface area contributed by atoms with E-state index in [-0.39, 0.29) is 11.2 Å². The number of thiazole rings is 1. The van der Waals surface area contributed by atoms with Crippen LogP contribution < -0.4 is 0 Å². The van der Waals surface area contributed by atoms with Gasteiger partial charge in [-0.3, -0.25) is 4.79 Å². The Kier molecular flexibility index (Phi) is 5.47. The lowest BCUT2D eigenvalue weighted by atomic mass is 9.93. The first-order valence-corrected chi connectivity index (χ1v) is 8.94. The van der Waals surface area contributed by atoms with E-state index in [1.54, 1.807) is 11.3 Å². The first kappa shape index (κ1) is 16.5. The molecule has 0 radical (unpaired) electrons. The SMILES string of the molecule is CC(C)(C)c1csc(CC(=O)CSc2cccc(Cl)c2)n1. The summed E-state index contributed by atoms with van der Waals surface area (Å²) in [4.78, 5) is 17.6. The van der Waals surface area contributed by atoms with Crippen LogP contribution in [0.4, 0.5) is 0 Å². The maximum absolute atomic E-state index is 12.0. The smallest absolute Gasteiger partial charge is 0.149 e. The zero-order chi connectivity index (χ0) is 15.5. The van der Waals surface area contributed by atoms with Crippen LogP contribution in [0.5, 0.6) is 0 Å². The highest BCUT2D eigenvalue weighted by molar-refractivity contribution is 8.00. The largest absolute Gasteiger partial charge is 0.298 e. The molecule has 0 atom stereocenters. The number of halogens is 1. The van der Waals surface area contributed by atoms with Crippen LogP contribution in [0.2, 0.25) is 5.02 Å². The number of carbonyl (C=O) groups is 1. The molecule has 0 aliphatic rings. The van der Waals surface area contributed by atoms with Crippen molar-refractivity contribution in [1.29, 1.82) is 0 Å². The molecular weight excluding hydrogens is 322 g/mol. The maximum atomic E-state index is 12.0. The molecule has 0 amide bonds. The van der Waals surface area contributed by atoms with Gasteiger partial charge in [0.2, 0.25) is 0 Å². The van der Waals surface area contributed by atoms with Gasteiger partial charge in [-0.2, -0.15) is 0 Å². The van der Waals surface area contributed by atoms with Crippen LogP contribution in [0.25, 0.3) is 0 Å². The van der Waals surface area contributed by atoms with Crippen LogP contribution in [-0.4, -0.2) is 16.5 Å². The van der Waals surface area contributed by atoms with Crippen LogP contribution in [0, 0.1) is 0 Å². The summed E-state index contributed by atoms with van der Waals surface area (Å²) in [6, 6.07) is 7.56. The van der Waals surface area contributed by atoms with Crippen molar-refractivity contribution in [2.75, 3.05) is 5.75 Å². The van der Waals surface area contributed by atoms with E-state index < -0.39 is 0 Å². The maximum Gasteiger partial charge on any atom is 0.149 e. The number of thioether (sulfide) groups is 1. The van der Waals surface area contributed by atoms with Gasteiger partial charge in [-0.25, -0.2) is 4.98 Å². The van der Waals surface area contributed by atoms with Gasteiger partial charge < -0.3 is 0 Å². The minimum Gasteiger partial charge on any atom is -0.298 e. The number of hydrogen-bond acceptors (Lipinski definition) is 4. The van der Waals surface area contributed by atoms with Crippen molar-refractivity contribution in [2.24, 2.45) is 0 Å². The molecule has 2 nitrogen and oxygen atoms in total. The molecule has 0 aliphatic heterocycles. The second kappa shape index (κ2) is 6.95. The van der Waals surface area contributed by atoms with E-state index in [1.807, 2.05) is 29.6 Å². The minimum absolute atomic E-state index is 0.0351. The summed E-state index contributed by atoms with van der Waals surface area (Å²) in [5.74, 6) is 0.639. The topological polar surface area (TPSA) is 30.0 Å². The molecule has 1 heterocycles. The van der Waals surface area contributed by atoms with Crippen molar-refractivity contribution in [1.82, 2.24) is 4.98 Å². The number of hydrogen-bond donors (Lipinski definition) is 0. The third kappa shape index (κ3) is 5.13. The molecule has 0 saturated carbocycles. The van der Waals surface area contributed by atoms with Crippen molar-refractivity contribution in [3.05, 3.63) is 45.4 Å². The van der Waals surface area contributed by atoms with E-state index in [1.165, 1.54) is 11.8 Å². The van der Waals surface area contributed by atoms with E-state index in [2.05, 4.69) is 25.8 Å². The van der Waals surface area contributed by atoms with Gasteiger partial charge in [-0.15, -0.1) is 23.1 Å². The van der Waals surface area contributed by atoms with E-state index in [0.29, 0.717) is 17.2 Å². The highest BCUT2D eigenvalue weighted by Gasteiger charge is 2.18. The minimum atomic E-state index is 0.0351. The third-order valence-corrected chi connectivity index (χ3v) is 5.00. The zero-order valence-corrected chi connectivity index (χ0v) is 14.7. The fourth-order valence-electron chi connectivity index (χ4n) is 1.68. The van der Waals surface area contributed by atoms with Crippen molar-refractivity contribution in [3.63, 3.8) is 0 Å². The van der Waals surface area contributed by atoms with E-state index in [9.17, 15) is 4.79 Å². The molecule has 0 aliphatic carbocycles. The zero-order valence-electron chi connectivity index (χ0n) is 12.4. The molecule has 0 unspecified atom stereocenters. The molecule has 0 saturated heterocycles. The van der Waals surface area contributed by atoms with Gasteiger partial charge in [0, 0.05) is 20.7 Å². The predicted octanol–water partition coefficient (Wildman–Crippen LogP) is 5.00. The molecule has 5 heteroatoms. The van der Waals surface area contributed by atoms with Gasteiger partial charge in [-0.1, -0.05) is 38.4 Å². The van der Waals surface area contributed by atoms with Crippen molar-refractivity contribution in [3.8, 4) is 0 Å². The van der Waals surface area contributed by atoms with Crippen LogP contribution in [0.1, 0.15) is 31.5 Å². The lowest BCUT2D eigenvalue weighted by Gasteiger charge is -2.14. The van der Waals surface area contributed by atoms with Crippen LogP contribution in [0.15, 0.2) is 34.5 Å². The number of benzene rings is 1. The number of ketones is 1. The average Bonchev–Trinajstić information content (AvgIpc) is 2.85. The highest BCUT2D eigenvalue weighted by atomic mass is 35.5. The fraction of sp³-hybridized carbons (Fsp3) is 0.375. The van der Waals surface area contributed by atoms with Gasteiger partial charge in [0.1, 0.15) is 10.8 Å². The summed E-state index contributed by atoms with van der Waals surface area (Å²) in [7, 11) is 0. The molecule has 21 heavy (non-hydrogen) atoms. The summed E-state index contributed by atoms with van der Waals surface area (Å²) in [5.41, 5.74) is 1.09. The number of carbonyl (C=O) groups excluding carboxylic acids is 1. The summed E-state index contributed by atoms with van der Waals surface area (Å²) in [6.07, 6.45) is 0.411. The van der Waals surface area contributed by atoms with Gasteiger partial charge in [-0.05, 0) is 18.2 Å². The third-order valence-electron chi connectivity index (χ3n) is 2.86. The van der Waals surface area contributed by atoms with Crippen LogP contribution >= 0.6 is 34.7 Å². The Morgan fingerprint density at radius 1 is 1.38 bits per heavy atom. The summed E-state index contributed by atoms with van der Waals surface area (Å²) in [5, 5.41) is 3.64. The van der Waals surface area contributed by atoms with E-state index in [0.717, 1.165) is 15.6 Å². The molecular formula is C16H18ClNOS2. The van der Waals surface area contributed by atoms with Crippen molar-refractivity contribution in [2.45, 2.75) is 37.5 Å². The lowest BCUT2D eigenvalue weighted by molar-refractivity contribution is -0.116. The van der Waals surface area contributed by atoms with Crippen LogP contribution in [0.3, 0.4) is 0 Å². The number of nitrogens with zero attached hydrogens (tertiary/aromatic N) is 1. The fourth-order valence-corrected chi connectivity index (χ4v) is 3.80. The van der Waals surface area contributed by atoms with Gasteiger partial charge in [0.25, 0.3) is 0 Å². The second-order valence-electron chi connectivity index (χ2n) is 5.84. The Balaban J connectivity index is 1.89. The van der Waals surface area contributed by atoms with E-state index in [4.69, 9.17) is 11.6 Å². The monoisotopic (exact) mass is 339 g/mol. The van der Waals surface area contributed by atoms with Gasteiger partial charge >= 0.3 is 0 Å². The molecule has 1 aromatic carbocycles. The standard InChI is InChI=1S/C16H18ClNOS2/c1-16(2,3)14-10-21-15(18-14)8-12(19)9-20-13-6-4-5-11(17)7-13/h4-7,10H,8-9H2,1-3H3. The van der Waals surface area contributed by atoms with Crippen LogP contribution in [-0.2, 0) is 16.6 Å². The summed E-state index contributed by atoms with van der Waals surface area (Å²) in [6.45, 7) is 6.38. The average molecular weight is 340 g/mol. The molecule has 0 bridgehead atoms. The Labute approximate surface area is 138 Å². The first-order chi connectivity index (χ1) is 9.84. The number of aromatic nitrogens is 1. The lowest BCUT2D eigenvalue weighted by Crippen LogP contribution is -2.12. The van der Waals surface area contributed by atoms with E-state index >= 15 is 0 Å². The second-order valence-corrected chi connectivity index (χ2v) is 8.27. The Bertz CT molecular complexity index is 631. The number of rotatable bonds is 5. The molecule has 0 spiro atoms. The summed E-state index contributed by atoms with van der Waals surface area (Å²) >= 11 is 9.01. The summed E-state index contributed by atoms with van der Waals surface area (Å²) < 4.78 is 0. The van der Waals surface area contributed by atoms with Gasteiger partial charge in [0.15, 0.2) is 0 Å². The van der Waals surface area contributed by atoms with Crippen molar-refractivity contribution < 1.29 is 4.79 Å².